The van der Waals surface area contributed by atoms with Crippen molar-refractivity contribution in [2.75, 3.05) is 12.3 Å². The number of nitrogens with zero attached hydrogens (tertiary/aromatic N) is 3. The number of aromatic nitrogens is 3. The molecule has 2 aliphatic heterocycles. The van der Waals surface area contributed by atoms with Crippen LogP contribution in [0.25, 0.3) is 0 Å². The SMILES string of the molecule is CC(C)[Si]1(C(C)C)OCC2OC(n3cnc(N)nc3=O)C(O)C2O[Si](C(C)C)(C(C)C)O1. The summed E-state index contributed by atoms with van der Waals surface area (Å²) in [5, 5.41) is 11.2. The molecule has 3 rings (SSSR count). The van der Waals surface area contributed by atoms with Gasteiger partial charge in [-0.05, 0) is 22.2 Å². The summed E-state index contributed by atoms with van der Waals surface area (Å²) in [6, 6.07) is 0. The van der Waals surface area contributed by atoms with Gasteiger partial charge < -0.3 is 28.5 Å². The van der Waals surface area contributed by atoms with Gasteiger partial charge in [0.05, 0.1) is 6.61 Å². The zero-order valence-electron chi connectivity index (χ0n) is 20.3. The van der Waals surface area contributed by atoms with Crippen LogP contribution < -0.4 is 11.4 Å². The van der Waals surface area contributed by atoms with E-state index < -0.39 is 47.4 Å². The van der Waals surface area contributed by atoms with E-state index in [2.05, 4.69) is 65.4 Å². The molecule has 2 aliphatic rings. The third-order valence-electron chi connectivity index (χ3n) is 6.66. The number of aliphatic hydroxyl groups excluding tert-OH is 1. The number of ether oxygens (including phenoxy) is 1. The van der Waals surface area contributed by atoms with Gasteiger partial charge >= 0.3 is 22.8 Å². The Morgan fingerprint density at radius 3 is 2.12 bits per heavy atom. The molecular weight excluding hydrogens is 448 g/mol. The summed E-state index contributed by atoms with van der Waals surface area (Å²) in [5.74, 6) is -0.131. The largest absolute Gasteiger partial charge is 0.414 e. The molecule has 0 saturated carbocycles. The van der Waals surface area contributed by atoms with Crippen molar-refractivity contribution >= 4 is 23.1 Å². The van der Waals surface area contributed by atoms with Gasteiger partial charge in [-0.1, -0.05) is 55.4 Å². The maximum absolute atomic E-state index is 12.4. The van der Waals surface area contributed by atoms with Gasteiger partial charge in [-0.2, -0.15) is 4.98 Å². The number of hydrogen-bond acceptors (Lipinski definition) is 9. The molecule has 3 heterocycles. The fraction of sp³-hybridized carbons (Fsp3) is 0.850. The molecule has 0 bridgehead atoms. The minimum Gasteiger partial charge on any atom is -0.414 e. The number of rotatable bonds is 5. The highest BCUT2D eigenvalue weighted by molar-refractivity contribution is 6.83. The minimum atomic E-state index is -2.90. The summed E-state index contributed by atoms with van der Waals surface area (Å²) in [5.41, 5.74) is 5.50. The van der Waals surface area contributed by atoms with Crippen LogP contribution >= 0.6 is 0 Å². The molecule has 0 aliphatic carbocycles. The smallest absolute Gasteiger partial charge is 0.354 e. The predicted molar refractivity (Wildman–Crippen MR) is 124 cm³/mol. The Labute approximate surface area is 191 Å². The van der Waals surface area contributed by atoms with Crippen molar-refractivity contribution in [1.29, 1.82) is 0 Å². The second kappa shape index (κ2) is 9.24. The molecule has 0 aromatic carbocycles. The van der Waals surface area contributed by atoms with Crippen LogP contribution in [0, 0.1) is 0 Å². The number of anilines is 1. The number of nitrogens with two attached hydrogens (primary N) is 1. The van der Waals surface area contributed by atoms with Crippen LogP contribution in [-0.2, 0) is 17.7 Å². The lowest BCUT2D eigenvalue weighted by Gasteiger charge is -2.51. The van der Waals surface area contributed by atoms with Gasteiger partial charge in [-0.25, -0.2) is 9.78 Å². The third kappa shape index (κ3) is 4.21. The van der Waals surface area contributed by atoms with E-state index in [0.717, 1.165) is 4.57 Å². The van der Waals surface area contributed by atoms with Crippen LogP contribution in [0.1, 0.15) is 61.6 Å². The van der Waals surface area contributed by atoms with Gasteiger partial charge in [0.15, 0.2) is 6.23 Å². The minimum absolute atomic E-state index is 0.114. The molecule has 2 saturated heterocycles. The van der Waals surface area contributed by atoms with Crippen molar-refractivity contribution in [1.82, 2.24) is 14.5 Å². The first-order valence-corrected chi connectivity index (χ1v) is 15.4. The molecular formula is C20H38N4O6Si2. The standard InChI is InChI=1S/C20H38N4O6Si2/c1-11(2)31(12(3)4)27-9-15-17(29-32(30-31,13(5)6)14(7)8)16(25)18(28-15)24-10-22-19(21)23-20(24)26/h10-18,25H,9H2,1-8H3,(H2,21,23,26). The zero-order valence-corrected chi connectivity index (χ0v) is 22.3. The number of hydrogen-bond donors (Lipinski definition) is 2. The lowest BCUT2D eigenvalue weighted by molar-refractivity contribution is -0.0604. The highest BCUT2D eigenvalue weighted by Crippen LogP contribution is 2.48. The van der Waals surface area contributed by atoms with Gasteiger partial charge in [0.1, 0.15) is 24.6 Å². The van der Waals surface area contributed by atoms with E-state index in [1.54, 1.807) is 0 Å². The molecule has 2 fully saturated rings. The zero-order chi connectivity index (χ0) is 24.0. The van der Waals surface area contributed by atoms with E-state index in [1.165, 1.54) is 6.33 Å². The van der Waals surface area contributed by atoms with Crippen molar-refractivity contribution in [2.45, 2.75) is 102 Å². The average molecular weight is 487 g/mol. The van der Waals surface area contributed by atoms with Crippen molar-refractivity contribution in [3.8, 4) is 0 Å². The quantitative estimate of drug-likeness (QED) is 0.602. The summed E-state index contributed by atoms with van der Waals surface area (Å²) in [4.78, 5) is 19.9. The van der Waals surface area contributed by atoms with Crippen molar-refractivity contribution < 1.29 is 22.8 Å². The molecule has 1 aromatic heterocycles. The van der Waals surface area contributed by atoms with Crippen molar-refractivity contribution in [2.24, 2.45) is 0 Å². The highest BCUT2D eigenvalue weighted by Gasteiger charge is 2.61. The van der Waals surface area contributed by atoms with E-state index in [1.807, 2.05) is 0 Å². The first-order valence-electron chi connectivity index (χ1n) is 11.4. The number of aliphatic hydroxyl groups is 1. The maximum Gasteiger partial charge on any atom is 0.354 e. The van der Waals surface area contributed by atoms with Crippen molar-refractivity contribution in [3.63, 3.8) is 0 Å². The van der Waals surface area contributed by atoms with Crippen LogP contribution in [0.4, 0.5) is 5.95 Å². The summed E-state index contributed by atoms with van der Waals surface area (Å²) >= 11 is 0. The molecule has 0 spiro atoms. The maximum atomic E-state index is 12.4. The Kier molecular flexibility index (Phi) is 7.35. The third-order valence-corrected chi connectivity index (χ3v) is 16.9. The first kappa shape index (κ1) is 25.5. The molecule has 0 amide bonds. The van der Waals surface area contributed by atoms with E-state index in [0.29, 0.717) is 0 Å². The molecule has 10 nitrogen and oxygen atoms in total. The molecule has 3 N–H and O–H groups in total. The topological polar surface area (TPSA) is 131 Å². The second-order valence-corrected chi connectivity index (χ2v) is 18.9. The number of nitrogen functional groups attached to an aromatic ring is 1. The first-order chi connectivity index (χ1) is 14.9. The Hall–Kier alpha value is -1.16. The summed E-state index contributed by atoms with van der Waals surface area (Å²) < 4.78 is 27.9. The number of fused-ring (bicyclic) bond motifs is 1. The van der Waals surface area contributed by atoms with Gasteiger partial charge in [-0.15, -0.1) is 0 Å². The fourth-order valence-corrected chi connectivity index (χ4v) is 16.1. The molecule has 0 radical (unpaired) electrons. The predicted octanol–water partition coefficient (Wildman–Crippen LogP) is 2.44. The van der Waals surface area contributed by atoms with Crippen LogP contribution in [0.15, 0.2) is 11.1 Å². The summed E-state index contributed by atoms with van der Waals surface area (Å²) in [6.07, 6.45) is -2.13. The van der Waals surface area contributed by atoms with E-state index >= 15 is 0 Å². The van der Waals surface area contributed by atoms with Gasteiger partial charge in [0, 0.05) is 0 Å². The summed E-state index contributed by atoms with van der Waals surface area (Å²) in [6.45, 7) is 17.2. The molecule has 4 unspecified atom stereocenters. The monoisotopic (exact) mass is 486 g/mol. The molecule has 4 atom stereocenters. The van der Waals surface area contributed by atoms with E-state index in [9.17, 15) is 9.90 Å². The van der Waals surface area contributed by atoms with Crippen LogP contribution in [-0.4, -0.2) is 61.7 Å². The fourth-order valence-electron chi connectivity index (χ4n) is 4.90. The Morgan fingerprint density at radius 1 is 1.06 bits per heavy atom. The lowest BCUT2D eigenvalue weighted by Crippen LogP contribution is -2.65. The van der Waals surface area contributed by atoms with E-state index in [-0.39, 0.29) is 34.7 Å². The Bertz CT molecular complexity index is 849. The van der Waals surface area contributed by atoms with Crippen molar-refractivity contribution in [3.05, 3.63) is 16.8 Å². The van der Waals surface area contributed by atoms with Gasteiger partial charge in [0.2, 0.25) is 5.95 Å². The van der Waals surface area contributed by atoms with Gasteiger partial charge in [-0.3, -0.25) is 4.57 Å². The molecule has 1 aromatic rings. The van der Waals surface area contributed by atoms with Crippen LogP contribution in [0.2, 0.25) is 22.2 Å². The Morgan fingerprint density at radius 2 is 1.62 bits per heavy atom. The van der Waals surface area contributed by atoms with Crippen LogP contribution in [0.3, 0.4) is 0 Å². The normalized spacial score (nSPS) is 30.0. The van der Waals surface area contributed by atoms with E-state index in [4.69, 9.17) is 23.4 Å². The molecule has 12 heteroatoms. The lowest BCUT2D eigenvalue weighted by atomic mass is 10.1. The highest BCUT2D eigenvalue weighted by atomic mass is 28.5. The van der Waals surface area contributed by atoms with Crippen LogP contribution in [0.5, 0.6) is 0 Å². The molecule has 182 valence electrons. The summed E-state index contributed by atoms with van der Waals surface area (Å²) in [7, 11) is -5.62. The van der Waals surface area contributed by atoms with Gasteiger partial charge in [0.25, 0.3) is 0 Å². The second-order valence-electron chi connectivity index (χ2n) is 10.0. The molecule has 32 heavy (non-hydrogen) atoms. The average Bonchev–Trinajstić information content (AvgIpc) is 2.96. The Balaban J connectivity index is 2.07.